The summed E-state index contributed by atoms with van der Waals surface area (Å²) in [5.74, 6) is -0.206. The number of aromatic nitrogens is 1. The molecule has 0 amide bonds. The number of hydrogen-bond acceptors (Lipinski definition) is 1. The minimum absolute atomic E-state index is 0.206. The van der Waals surface area contributed by atoms with E-state index in [9.17, 15) is 4.39 Å². The molecular weight excluding hydrogens is 283 g/mol. The number of benzene rings is 2. The van der Waals surface area contributed by atoms with E-state index in [1.807, 2.05) is 37.4 Å². The monoisotopic (exact) mass is 298 g/mol. The molecule has 0 spiro atoms. The first-order valence-corrected chi connectivity index (χ1v) is 7.09. The van der Waals surface area contributed by atoms with Gasteiger partial charge >= 0.3 is 0 Å². The van der Waals surface area contributed by atoms with Gasteiger partial charge in [0, 0.05) is 29.2 Å². The maximum atomic E-state index is 13.4. The molecule has 0 atom stereocenters. The van der Waals surface area contributed by atoms with E-state index in [0.29, 0.717) is 11.5 Å². The Morgan fingerprint density at radius 3 is 2.76 bits per heavy atom. The van der Waals surface area contributed by atoms with Gasteiger partial charge in [-0.05, 0) is 54.4 Å². The number of hydrogen-bond donors (Lipinski definition) is 1. The molecule has 4 heteroatoms. The Morgan fingerprint density at radius 1 is 1.19 bits per heavy atom. The Labute approximate surface area is 128 Å². The molecule has 0 aliphatic heterocycles. The summed E-state index contributed by atoms with van der Waals surface area (Å²) < 4.78 is 15.5. The predicted octanol–water partition coefficient (Wildman–Crippen LogP) is 3.77. The van der Waals surface area contributed by atoms with Crippen molar-refractivity contribution in [1.29, 1.82) is 0 Å². The Hall–Kier alpha value is -2.20. The molecule has 106 valence electrons. The first kappa shape index (κ1) is 13.8. The van der Waals surface area contributed by atoms with Crippen LogP contribution in [0.2, 0.25) is 0 Å². The van der Waals surface area contributed by atoms with E-state index >= 15 is 0 Å². The van der Waals surface area contributed by atoms with Crippen LogP contribution in [-0.2, 0) is 6.54 Å². The molecule has 0 aliphatic rings. The second kappa shape index (κ2) is 5.30. The maximum absolute atomic E-state index is 13.4. The Kier molecular flexibility index (Phi) is 3.47. The van der Waals surface area contributed by atoms with Gasteiger partial charge in [0.15, 0.2) is 0 Å². The number of nitrogens with zero attached hydrogens (tertiary/aromatic N) is 1. The molecular formula is C17H15FN2S. The normalized spacial score (nSPS) is 11.0. The summed E-state index contributed by atoms with van der Waals surface area (Å²) >= 11 is 5.00. The number of thiocarbonyl (C=S) groups is 1. The zero-order chi connectivity index (χ0) is 15.0. The van der Waals surface area contributed by atoms with E-state index < -0.39 is 0 Å². The lowest BCUT2D eigenvalue weighted by Crippen LogP contribution is -2.08. The van der Waals surface area contributed by atoms with Crippen molar-refractivity contribution in [1.82, 2.24) is 4.57 Å². The number of aryl methyl sites for hydroxylation is 1. The predicted molar refractivity (Wildman–Crippen MR) is 88.1 cm³/mol. The average molecular weight is 298 g/mol. The molecule has 2 nitrogen and oxygen atoms in total. The molecule has 2 N–H and O–H groups in total. The third-order valence-corrected chi connectivity index (χ3v) is 3.94. The SMILES string of the molecule is Cc1ccc(F)cc1Cn1ccc2cc(C(N)=S)ccc21. The molecule has 0 saturated carbocycles. The van der Waals surface area contributed by atoms with Crippen LogP contribution in [0.25, 0.3) is 10.9 Å². The minimum Gasteiger partial charge on any atom is -0.389 e. The summed E-state index contributed by atoms with van der Waals surface area (Å²) in [5, 5.41) is 1.08. The van der Waals surface area contributed by atoms with Crippen molar-refractivity contribution in [3.05, 3.63) is 71.2 Å². The van der Waals surface area contributed by atoms with E-state index in [1.54, 1.807) is 12.1 Å². The van der Waals surface area contributed by atoms with Crippen LogP contribution in [0.5, 0.6) is 0 Å². The van der Waals surface area contributed by atoms with Gasteiger partial charge in [-0.25, -0.2) is 4.39 Å². The Balaban J connectivity index is 2.01. The van der Waals surface area contributed by atoms with Crippen LogP contribution in [0.4, 0.5) is 4.39 Å². The van der Waals surface area contributed by atoms with Gasteiger partial charge in [-0.3, -0.25) is 0 Å². The summed E-state index contributed by atoms with van der Waals surface area (Å²) in [4.78, 5) is 0.394. The highest BCUT2D eigenvalue weighted by atomic mass is 32.1. The molecule has 0 unspecified atom stereocenters. The number of nitrogens with two attached hydrogens (primary N) is 1. The fourth-order valence-electron chi connectivity index (χ4n) is 2.49. The molecule has 0 aliphatic carbocycles. The van der Waals surface area contributed by atoms with Gasteiger partial charge in [0.05, 0.1) is 0 Å². The third kappa shape index (κ3) is 2.67. The van der Waals surface area contributed by atoms with E-state index in [2.05, 4.69) is 4.57 Å². The van der Waals surface area contributed by atoms with E-state index in [4.69, 9.17) is 18.0 Å². The van der Waals surface area contributed by atoms with Crippen molar-refractivity contribution in [2.75, 3.05) is 0 Å². The maximum Gasteiger partial charge on any atom is 0.123 e. The quantitative estimate of drug-likeness (QED) is 0.746. The molecule has 0 bridgehead atoms. The van der Waals surface area contributed by atoms with Crippen molar-refractivity contribution < 1.29 is 4.39 Å². The zero-order valence-corrected chi connectivity index (χ0v) is 12.5. The van der Waals surface area contributed by atoms with Crippen molar-refractivity contribution in [3.63, 3.8) is 0 Å². The standard InChI is InChI=1S/C17H15FN2S/c1-11-2-4-15(18)9-14(11)10-20-7-6-12-8-13(17(19)21)3-5-16(12)20/h2-9H,10H2,1H3,(H2,19,21). The highest BCUT2D eigenvalue weighted by Gasteiger charge is 2.06. The lowest BCUT2D eigenvalue weighted by molar-refractivity contribution is 0.623. The molecule has 0 fully saturated rings. The van der Waals surface area contributed by atoms with Crippen LogP contribution in [0.3, 0.4) is 0 Å². The molecule has 0 radical (unpaired) electrons. The summed E-state index contributed by atoms with van der Waals surface area (Å²) in [7, 11) is 0. The van der Waals surface area contributed by atoms with Gasteiger partial charge in [-0.1, -0.05) is 18.3 Å². The zero-order valence-electron chi connectivity index (χ0n) is 11.6. The number of halogens is 1. The summed E-state index contributed by atoms with van der Waals surface area (Å²) in [6.07, 6.45) is 2.00. The summed E-state index contributed by atoms with van der Waals surface area (Å²) in [6, 6.07) is 12.8. The first-order chi connectivity index (χ1) is 10.0. The largest absolute Gasteiger partial charge is 0.389 e. The molecule has 21 heavy (non-hydrogen) atoms. The van der Waals surface area contributed by atoms with E-state index in [1.165, 1.54) is 6.07 Å². The van der Waals surface area contributed by atoms with Crippen LogP contribution < -0.4 is 5.73 Å². The highest BCUT2D eigenvalue weighted by molar-refractivity contribution is 7.80. The third-order valence-electron chi connectivity index (χ3n) is 3.71. The first-order valence-electron chi connectivity index (χ1n) is 6.68. The van der Waals surface area contributed by atoms with Crippen molar-refractivity contribution in [3.8, 4) is 0 Å². The fourth-order valence-corrected chi connectivity index (χ4v) is 2.61. The lowest BCUT2D eigenvalue weighted by Gasteiger charge is -2.09. The van der Waals surface area contributed by atoms with Gasteiger partial charge in [-0.15, -0.1) is 0 Å². The van der Waals surface area contributed by atoms with E-state index in [0.717, 1.165) is 27.6 Å². The molecule has 2 aromatic carbocycles. The van der Waals surface area contributed by atoms with Gasteiger partial charge in [0.2, 0.25) is 0 Å². The van der Waals surface area contributed by atoms with Crippen LogP contribution >= 0.6 is 12.2 Å². The second-order valence-electron chi connectivity index (χ2n) is 5.15. The molecule has 3 aromatic rings. The second-order valence-corrected chi connectivity index (χ2v) is 5.59. The minimum atomic E-state index is -0.206. The van der Waals surface area contributed by atoms with Crippen molar-refractivity contribution >= 4 is 28.1 Å². The Bertz CT molecular complexity index is 836. The number of rotatable bonds is 3. The smallest absolute Gasteiger partial charge is 0.123 e. The highest BCUT2D eigenvalue weighted by Crippen LogP contribution is 2.20. The molecule has 1 heterocycles. The van der Waals surface area contributed by atoms with Gasteiger partial charge in [0.1, 0.15) is 10.8 Å². The van der Waals surface area contributed by atoms with Gasteiger partial charge in [0.25, 0.3) is 0 Å². The topological polar surface area (TPSA) is 30.9 Å². The lowest BCUT2D eigenvalue weighted by atomic mass is 10.1. The van der Waals surface area contributed by atoms with Crippen LogP contribution in [0.15, 0.2) is 48.7 Å². The van der Waals surface area contributed by atoms with Gasteiger partial charge < -0.3 is 10.3 Å². The fraction of sp³-hybridized carbons (Fsp3) is 0.118. The molecule has 3 rings (SSSR count). The van der Waals surface area contributed by atoms with Crippen molar-refractivity contribution in [2.24, 2.45) is 5.73 Å². The van der Waals surface area contributed by atoms with Crippen LogP contribution in [-0.4, -0.2) is 9.56 Å². The van der Waals surface area contributed by atoms with Crippen LogP contribution in [0, 0.1) is 12.7 Å². The Morgan fingerprint density at radius 2 is 2.00 bits per heavy atom. The van der Waals surface area contributed by atoms with Crippen LogP contribution in [0.1, 0.15) is 16.7 Å². The average Bonchev–Trinajstić information content (AvgIpc) is 2.85. The summed E-state index contributed by atoms with van der Waals surface area (Å²) in [6.45, 7) is 2.63. The van der Waals surface area contributed by atoms with Crippen molar-refractivity contribution in [2.45, 2.75) is 13.5 Å². The van der Waals surface area contributed by atoms with Gasteiger partial charge in [-0.2, -0.15) is 0 Å². The summed E-state index contributed by atoms with van der Waals surface area (Å²) in [5.41, 5.74) is 9.65. The number of fused-ring (bicyclic) bond motifs is 1. The van der Waals surface area contributed by atoms with E-state index in [-0.39, 0.29) is 5.82 Å². The molecule has 0 saturated heterocycles. The molecule has 1 aromatic heterocycles.